The Morgan fingerprint density at radius 2 is 2.10 bits per heavy atom. The number of methoxy groups -OCH3 is 1. The third-order valence-electron chi connectivity index (χ3n) is 3.95. The van der Waals surface area contributed by atoms with Crippen LogP contribution in [-0.2, 0) is 6.42 Å². The number of anilines is 1. The lowest BCUT2D eigenvalue weighted by molar-refractivity contribution is 0.414. The van der Waals surface area contributed by atoms with E-state index in [1.54, 1.807) is 7.11 Å². The zero-order valence-corrected chi connectivity index (χ0v) is 13.3. The van der Waals surface area contributed by atoms with E-state index in [1.165, 1.54) is 16.7 Å². The second-order valence-corrected chi connectivity index (χ2v) is 6.03. The molecule has 1 N–H and O–H groups in total. The molecule has 1 atom stereocenters. The minimum absolute atomic E-state index is 0.359. The number of hydrogen-bond acceptors (Lipinski definition) is 2. The first-order chi connectivity index (χ1) is 9.69. The summed E-state index contributed by atoms with van der Waals surface area (Å²) in [5, 5.41) is 3.66. The van der Waals surface area contributed by atoms with Crippen molar-refractivity contribution in [2.45, 2.75) is 25.8 Å². The Bertz CT molecular complexity index is 639. The zero-order chi connectivity index (χ0) is 14.1. The molecule has 0 heterocycles. The van der Waals surface area contributed by atoms with E-state index in [0.29, 0.717) is 6.04 Å². The lowest BCUT2D eigenvalue weighted by Gasteiger charge is -2.18. The maximum atomic E-state index is 5.34. The number of benzene rings is 2. The van der Waals surface area contributed by atoms with E-state index in [1.807, 2.05) is 6.07 Å². The summed E-state index contributed by atoms with van der Waals surface area (Å²) in [6.45, 7) is 2.11. The molecule has 3 heteroatoms. The second kappa shape index (κ2) is 5.49. The fourth-order valence-corrected chi connectivity index (χ4v) is 3.18. The lowest BCUT2D eigenvalue weighted by atomic mass is 10.1. The fraction of sp³-hybridized carbons (Fsp3) is 0.294. The normalized spacial score (nSPS) is 16.9. The molecule has 0 fully saturated rings. The van der Waals surface area contributed by atoms with E-state index in [-0.39, 0.29) is 0 Å². The quantitative estimate of drug-likeness (QED) is 0.866. The number of rotatable bonds is 3. The molecular formula is C17H18BrNO. The third kappa shape index (κ3) is 2.42. The Morgan fingerprint density at radius 1 is 1.25 bits per heavy atom. The highest BCUT2D eigenvalue weighted by Crippen LogP contribution is 2.38. The van der Waals surface area contributed by atoms with Gasteiger partial charge in [0.15, 0.2) is 0 Å². The molecule has 0 radical (unpaired) electrons. The van der Waals surface area contributed by atoms with Crippen molar-refractivity contribution in [3.05, 3.63) is 57.6 Å². The van der Waals surface area contributed by atoms with Gasteiger partial charge in [0.2, 0.25) is 0 Å². The topological polar surface area (TPSA) is 21.3 Å². The van der Waals surface area contributed by atoms with Crippen molar-refractivity contribution in [2.24, 2.45) is 0 Å². The van der Waals surface area contributed by atoms with Crippen molar-refractivity contribution in [1.29, 1.82) is 0 Å². The molecule has 0 aromatic heterocycles. The maximum Gasteiger partial charge on any atom is 0.119 e. The van der Waals surface area contributed by atoms with Gasteiger partial charge in [-0.15, -0.1) is 0 Å². The molecule has 3 rings (SSSR count). The van der Waals surface area contributed by atoms with E-state index in [4.69, 9.17) is 4.74 Å². The lowest BCUT2D eigenvalue weighted by Crippen LogP contribution is -2.08. The minimum atomic E-state index is 0.359. The summed E-state index contributed by atoms with van der Waals surface area (Å²) >= 11 is 3.67. The first kappa shape index (κ1) is 13.5. The largest absolute Gasteiger partial charge is 0.497 e. The van der Waals surface area contributed by atoms with Crippen LogP contribution in [0.2, 0.25) is 0 Å². The van der Waals surface area contributed by atoms with Gasteiger partial charge < -0.3 is 10.1 Å². The Labute approximate surface area is 128 Å². The van der Waals surface area contributed by atoms with Gasteiger partial charge in [0.1, 0.15) is 5.75 Å². The number of hydrogen-bond donors (Lipinski definition) is 1. The van der Waals surface area contributed by atoms with Crippen molar-refractivity contribution in [3.8, 4) is 5.75 Å². The van der Waals surface area contributed by atoms with Gasteiger partial charge in [-0.1, -0.05) is 18.2 Å². The number of aryl methyl sites for hydroxylation is 2. The van der Waals surface area contributed by atoms with Crippen molar-refractivity contribution in [1.82, 2.24) is 0 Å². The number of fused-ring (bicyclic) bond motifs is 1. The molecule has 104 valence electrons. The number of halogens is 1. The summed E-state index contributed by atoms with van der Waals surface area (Å²) in [6.07, 6.45) is 2.25. The zero-order valence-electron chi connectivity index (χ0n) is 11.7. The summed E-state index contributed by atoms with van der Waals surface area (Å²) in [4.78, 5) is 0. The number of nitrogens with one attached hydrogen (secondary N) is 1. The SMILES string of the molecule is COc1ccc2c(c1)C(Nc1cccc(C)c1Br)CC2. The van der Waals surface area contributed by atoms with Gasteiger partial charge in [-0.3, -0.25) is 0 Å². The van der Waals surface area contributed by atoms with Crippen LogP contribution in [0, 0.1) is 6.92 Å². The molecule has 2 aromatic rings. The molecular weight excluding hydrogens is 314 g/mol. The van der Waals surface area contributed by atoms with Crippen LogP contribution in [0.15, 0.2) is 40.9 Å². The van der Waals surface area contributed by atoms with Crippen LogP contribution in [-0.4, -0.2) is 7.11 Å². The molecule has 1 unspecified atom stereocenters. The smallest absolute Gasteiger partial charge is 0.119 e. The molecule has 2 aromatic carbocycles. The standard InChI is InChI=1S/C17H18BrNO/c1-11-4-3-5-16(17(11)18)19-15-9-7-12-6-8-13(20-2)10-14(12)15/h3-6,8,10,15,19H,7,9H2,1-2H3. The Morgan fingerprint density at radius 3 is 2.90 bits per heavy atom. The van der Waals surface area contributed by atoms with Gasteiger partial charge in [-0.25, -0.2) is 0 Å². The van der Waals surface area contributed by atoms with Crippen LogP contribution < -0.4 is 10.1 Å². The highest BCUT2D eigenvalue weighted by molar-refractivity contribution is 9.10. The van der Waals surface area contributed by atoms with E-state index in [2.05, 4.69) is 58.5 Å². The van der Waals surface area contributed by atoms with Gasteiger partial charge in [0, 0.05) is 10.2 Å². The van der Waals surface area contributed by atoms with Gasteiger partial charge >= 0.3 is 0 Å². The molecule has 2 nitrogen and oxygen atoms in total. The summed E-state index contributed by atoms with van der Waals surface area (Å²) < 4.78 is 6.49. The molecule has 20 heavy (non-hydrogen) atoms. The molecule has 0 saturated carbocycles. The van der Waals surface area contributed by atoms with Gasteiger partial charge in [0.25, 0.3) is 0 Å². The molecule has 1 aliphatic carbocycles. The van der Waals surface area contributed by atoms with Gasteiger partial charge in [0.05, 0.1) is 13.2 Å². The molecule has 0 saturated heterocycles. The Hall–Kier alpha value is -1.48. The van der Waals surface area contributed by atoms with E-state index in [9.17, 15) is 0 Å². The van der Waals surface area contributed by atoms with Crippen LogP contribution >= 0.6 is 15.9 Å². The molecule has 0 amide bonds. The van der Waals surface area contributed by atoms with Crippen LogP contribution in [0.25, 0.3) is 0 Å². The van der Waals surface area contributed by atoms with E-state index < -0.39 is 0 Å². The van der Waals surface area contributed by atoms with Crippen LogP contribution in [0.1, 0.15) is 29.2 Å². The fourth-order valence-electron chi connectivity index (χ4n) is 2.80. The Kier molecular flexibility index (Phi) is 3.70. The highest BCUT2D eigenvalue weighted by Gasteiger charge is 2.23. The predicted octanol–water partition coefficient (Wildman–Crippen LogP) is 4.87. The monoisotopic (exact) mass is 331 g/mol. The number of ether oxygens (including phenoxy) is 1. The summed E-state index contributed by atoms with van der Waals surface area (Å²) in [6, 6.07) is 13.1. The van der Waals surface area contributed by atoms with Crippen LogP contribution in [0.3, 0.4) is 0 Å². The first-order valence-electron chi connectivity index (χ1n) is 6.87. The second-order valence-electron chi connectivity index (χ2n) is 5.24. The Balaban J connectivity index is 1.89. The van der Waals surface area contributed by atoms with Crippen molar-refractivity contribution < 1.29 is 4.74 Å². The molecule has 0 bridgehead atoms. The van der Waals surface area contributed by atoms with Crippen LogP contribution in [0.4, 0.5) is 5.69 Å². The van der Waals surface area contributed by atoms with E-state index in [0.717, 1.165) is 28.8 Å². The summed E-state index contributed by atoms with van der Waals surface area (Å²) in [5.74, 6) is 0.931. The van der Waals surface area contributed by atoms with Crippen molar-refractivity contribution in [2.75, 3.05) is 12.4 Å². The summed E-state index contributed by atoms with van der Waals surface area (Å²) in [5.41, 5.74) is 5.19. The van der Waals surface area contributed by atoms with Gasteiger partial charge in [-0.2, -0.15) is 0 Å². The first-order valence-corrected chi connectivity index (χ1v) is 7.67. The van der Waals surface area contributed by atoms with Crippen molar-refractivity contribution >= 4 is 21.6 Å². The molecule has 0 spiro atoms. The van der Waals surface area contributed by atoms with E-state index >= 15 is 0 Å². The average Bonchev–Trinajstić information content (AvgIpc) is 2.86. The molecule has 1 aliphatic rings. The maximum absolute atomic E-state index is 5.34. The van der Waals surface area contributed by atoms with Crippen molar-refractivity contribution in [3.63, 3.8) is 0 Å². The predicted molar refractivity (Wildman–Crippen MR) is 86.6 cm³/mol. The average molecular weight is 332 g/mol. The molecule has 0 aliphatic heterocycles. The third-order valence-corrected chi connectivity index (χ3v) is 5.00. The highest BCUT2D eigenvalue weighted by atomic mass is 79.9. The summed E-state index contributed by atoms with van der Waals surface area (Å²) in [7, 11) is 1.72. The van der Waals surface area contributed by atoms with Gasteiger partial charge in [-0.05, 0) is 70.6 Å². The minimum Gasteiger partial charge on any atom is -0.497 e. The van der Waals surface area contributed by atoms with Crippen LogP contribution in [0.5, 0.6) is 5.75 Å².